The summed E-state index contributed by atoms with van der Waals surface area (Å²) in [5.41, 5.74) is 13.2. The number of rotatable bonds is 7. The van der Waals surface area contributed by atoms with Gasteiger partial charge in [-0.3, -0.25) is 0 Å². The van der Waals surface area contributed by atoms with E-state index in [9.17, 15) is 5.26 Å². The van der Waals surface area contributed by atoms with Gasteiger partial charge in [-0.15, -0.1) is 0 Å². The molecule has 0 N–H and O–H groups in total. The molecule has 13 rings (SSSR count). The van der Waals surface area contributed by atoms with Crippen molar-refractivity contribution in [2.45, 2.75) is 0 Å². The van der Waals surface area contributed by atoms with Crippen molar-refractivity contribution in [3.05, 3.63) is 260 Å². The van der Waals surface area contributed by atoms with E-state index in [-0.39, 0.29) is 0 Å². The lowest BCUT2D eigenvalue weighted by Gasteiger charge is -2.26. The molecule has 2 nitrogen and oxygen atoms in total. The van der Waals surface area contributed by atoms with Crippen LogP contribution in [0.25, 0.3) is 109 Å². The van der Waals surface area contributed by atoms with Gasteiger partial charge in [-0.1, -0.05) is 188 Å². The van der Waals surface area contributed by atoms with Crippen molar-refractivity contribution in [3.8, 4) is 50.6 Å². The van der Waals surface area contributed by atoms with Gasteiger partial charge in [0.05, 0.1) is 11.6 Å². The highest BCUT2D eigenvalue weighted by molar-refractivity contribution is 6.28. The van der Waals surface area contributed by atoms with Crippen LogP contribution in [0.2, 0.25) is 0 Å². The van der Waals surface area contributed by atoms with Crippen LogP contribution in [0.1, 0.15) is 5.56 Å². The quantitative estimate of drug-likeness (QED) is 0.118. The molecule has 0 saturated heterocycles. The second-order valence-electron chi connectivity index (χ2n) is 17.9. The predicted molar refractivity (Wildman–Crippen MR) is 293 cm³/mol. The highest BCUT2D eigenvalue weighted by atomic mass is 15.1. The third-order valence-electron chi connectivity index (χ3n) is 14.0. The Labute approximate surface area is 400 Å². The van der Waals surface area contributed by atoms with Crippen molar-refractivity contribution in [2.24, 2.45) is 0 Å². The Morgan fingerprint density at radius 1 is 0.261 bits per heavy atom. The molecule has 0 saturated carbocycles. The highest BCUT2D eigenvalue weighted by Gasteiger charge is 2.22. The summed E-state index contributed by atoms with van der Waals surface area (Å²) in [6.07, 6.45) is 0. The van der Waals surface area contributed by atoms with Crippen molar-refractivity contribution < 1.29 is 0 Å². The molecule has 0 heterocycles. The van der Waals surface area contributed by atoms with Gasteiger partial charge in [-0.05, 0) is 176 Å². The lowest BCUT2D eigenvalue weighted by atomic mass is 9.81. The molecule has 0 aromatic heterocycles. The Balaban J connectivity index is 1.04. The van der Waals surface area contributed by atoms with E-state index in [1.165, 1.54) is 92.5 Å². The average molecular weight is 875 g/mol. The zero-order valence-electron chi connectivity index (χ0n) is 37.6. The number of fused-ring (bicyclic) bond motifs is 8. The topological polar surface area (TPSA) is 27.0 Å². The van der Waals surface area contributed by atoms with Crippen molar-refractivity contribution in [3.63, 3.8) is 0 Å². The summed E-state index contributed by atoms with van der Waals surface area (Å²) in [5.74, 6) is 0. The van der Waals surface area contributed by atoms with Gasteiger partial charge in [0, 0.05) is 17.1 Å². The van der Waals surface area contributed by atoms with Crippen LogP contribution in [0.15, 0.2) is 255 Å². The molecular formula is C67H42N2. The van der Waals surface area contributed by atoms with Crippen LogP contribution < -0.4 is 4.90 Å². The van der Waals surface area contributed by atoms with Crippen molar-refractivity contribution >= 4 is 81.7 Å². The van der Waals surface area contributed by atoms with Gasteiger partial charge in [-0.2, -0.15) is 5.26 Å². The minimum absolute atomic E-state index is 0.630. The summed E-state index contributed by atoms with van der Waals surface area (Å²) >= 11 is 0. The van der Waals surface area contributed by atoms with Crippen LogP contribution in [0, 0.1) is 11.3 Å². The van der Waals surface area contributed by atoms with E-state index in [1.807, 2.05) is 30.3 Å². The molecule has 320 valence electrons. The number of hydrogen-bond donors (Lipinski definition) is 0. The molecular weight excluding hydrogens is 833 g/mol. The largest absolute Gasteiger partial charge is 0.311 e. The van der Waals surface area contributed by atoms with E-state index in [4.69, 9.17) is 0 Å². The van der Waals surface area contributed by atoms with E-state index in [1.54, 1.807) is 0 Å². The molecule has 0 unspecified atom stereocenters. The van der Waals surface area contributed by atoms with Crippen LogP contribution in [-0.2, 0) is 0 Å². The zero-order valence-corrected chi connectivity index (χ0v) is 37.6. The molecule has 0 spiro atoms. The molecule has 13 aromatic rings. The number of hydrogen-bond acceptors (Lipinski definition) is 2. The summed E-state index contributed by atoms with van der Waals surface area (Å²) in [6, 6.07) is 94.5. The predicted octanol–water partition coefficient (Wildman–Crippen LogP) is 18.6. The zero-order chi connectivity index (χ0) is 45.8. The molecule has 0 bridgehead atoms. The van der Waals surface area contributed by atoms with E-state index in [0.29, 0.717) is 5.56 Å². The summed E-state index contributed by atoms with van der Waals surface area (Å²) in [7, 11) is 0. The molecule has 2 heteroatoms. The summed E-state index contributed by atoms with van der Waals surface area (Å²) in [5, 5.41) is 24.5. The first-order valence-electron chi connectivity index (χ1n) is 23.5. The molecule has 0 fully saturated rings. The van der Waals surface area contributed by atoms with Gasteiger partial charge in [0.1, 0.15) is 0 Å². The maximum atomic E-state index is 9.66. The van der Waals surface area contributed by atoms with E-state index in [0.717, 1.165) is 33.8 Å². The minimum atomic E-state index is 0.630. The molecule has 0 atom stereocenters. The van der Waals surface area contributed by atoms with Crippen LogP contribution in [0.4, 0.5) is 17.1 Å². The van der Waals surface area contributed by atoms with E-state index >= 15 is 0 Å². The minimum Gasteiger partial charge on any atom is -0.311 e. The molecule has 0 amide bonds. The van der Waals surface area contributed by atoms with Gasteiger partial charge < -0.3 is 4.90 Å². The summed E-state index contributed by atoms with van der Waals surface area (Å²) in [6.45, 7) is 0. The van der Waals surface area contributed by atoms with Gasteiger partial charge in [-0.25, -0.2) is 0 Å². The SMILES string of the molecule is N#Cc1ccc(N(c2ccc(-c3ccccc3)cc2)c2ccc(-c3ccc4c(-c5cc6ccccc6c6ccccc56)c5ccccc5c(-c5cc6ccccc6c6ccccc56)c4c3)cc2)cc1. The van der Waals surface area contributed by atoms with Gasteiger partial charge in [0.15, 0.2) is 0 Å². The molecule has 0 aliphatic heterocycles. The smallest absolute Gasteiger partial charge is 0.0991 e. The first-order chi connectivity index (χ1) is 34.2. The molecule has 69 heavy (non-hydrogen) atoms. The first kappa shape index (κ1) is 40.0. The fraction of sp³-hybridized carbons (Fsp3) is 0. The molecule has 0 radical (unpaired) electrons. The maximum Gasteiger partial charge on any atom is 0.0991 e. The van der Waals surface area contributed by atoms with E-state index < -0.39 is 0 Å². The Morgan fingerprint density at radius 2 is 0.623 bits per heavy atom. The fourth-order valence-corrected chi connectivity index (χ4v) is 10.8. The number of anilines is 3. The third kappa shape index (κ3) is 6.79. The van der Waals surface area contributed by atoms with Crippen LogP contribution >= 0.6 is 0 Å². The van der Waals surface area contributed by atoms with Crippen LogP contribution in [0.3, 0.4) is 0 Å². The lowest BCUT2D eigenvalue weighted by Crippen LogP contribution is -2.09. The molecule has 0 aliphatic rings. The standard InChI is InChI=1S/C67H42N2/c68-43-44-26-33-51(34-27-44)69(52-35-28-46(29-36-52)45-14-2-1-3-15-45)53-37-30-47(31-38-53)48-32-39-62-65(40-48)67(64-42-50-17-5-7-19-55(50)57-21-9-11-23-59(57)64)61-25-13-12-24-60(61)66(62)63-41-49-16-4-6-18-54(49)56-20-8-10-22-58(56)63/h1-42H. The Kier molecular flexibility index (Phi) is 9.60. The number of benzene rings is 13. The number of nitriles is 1. The maximum absolute atomic E-state index is 9.66. The van der Waals surface area contributed by atoms with E-state index in [2.05, 4.69) is 235 Å². The second kappa shape index (κ2) is 16.5. The monoisotopic (exact) mass is 874 g/mol. The Hall–Kier alpha value is -9.29. The summed E-state index contributed by atoms with van der Waals surface area (Å²) < 4.78 is 0. The van der Waals surface area contributed by atoms with Crippen molar-refractivity contribution in [1.82, 2.24) is 0 Å². The molecule has 0 aliphatic carbocycles. The highest BCUT2D eigenvalue weighted by Crippen LogP contribution is 2.49. The van der Waals surface area contributed by atoms with Crippen molar-refractivity contribution in [2.75, 3.05) is 4.90 Å². The lowest BCUT2D eigenvalue weighted by molar-refractivity contribution is 1.28. The van der Waals surface area contributed by atoms with Crippen LogP contribution in [-0.4, -0.2) is 0 Å². The third-order valence-corrected chi connectivity index (χ3v) is 14.0. The van der Waals surface area contributed by atoms with Gasteiger partial charge >= 0.3 is 0 Å². The average Bonchev–Trinajstić information content (AvgIpc) is 3.43. The normalized spacial score (nSPS) is 11.5. The van der Waals surface area contributed by atoms with Gasteiger partial charge in [0.2, 0.25) is 0 Å². The second-order valence-corrected chi connectivity index (χ2v) is 17.9. The summed E-state index contributed by atoms with van der Waals surface area (Å²) in [4.78, 5) is 2.26. The Morgan fingerprint density at radius 3 is 1.13 bits per heavy atom. The number of nitrogens with zero attached hydrogens (tertiary/aromatic N) is 2. The van der Waals surface area contributed by atoms with Crippen molar-refractivity contribution in [1.29, 1.82) is 5.26 Å². The first-order valence-corrected chi connectivity index (χ1v) is 23.5. The fourth-order valence-electron chi connectivity index (χ4n) is 10.8. The van der Waals surface area contributed by atoms with Crippen LogP contribution in [0.5, 0.6) is 0 Å². The van der Waals surface area contributed by atoms with Gasteiger partial charge in [0.25, 0.3) is 0 Å². The molecule has 13 aromatic carbocycles. The Bertz CT molecular complexity index is 4170.